The number of nitrogens with one attached hydrogen (secondary N) is 2. The molecule has 0 radical (unpaired) electrons. The van der Waals surface area contributed by atoms with Crippen molar-refractivity contribution in [1.29, 1.82) is 0 Å². The lowest BCUT2D eigenvalue weighted by atomic mass is 10.2. The molecule has 0 bridgehead atoms. The molecule has 1 aromatic heterocycles. The van der Waals surface area contributed by atoms with Crippen molar-refractivity contribution in [2.75, 3.05) is 27.9 Å². The number of aromatic nitrogens is 1. The van der Waals surface area contributed by atoms with E-state index in [1.54, 1.807) is 27.5 Å². The Morgan fingerprint density at radius 1 is 1.07 bits per heavy atom. The van der Waals surface area contributed by atoms with Gasteiger partial charge in [0.25, 0.3) is 0 Å². The number of methoxy groups -OCH3 is 3. The zero-order chi connectivity index (χ0) is 19.6. The number of aryl methyl sites for hydroxylation is 1. The molecular formula is C20H28N4O3. The Kier molecular flexibility index (Phi) is 7.73. The molecule has 0 aliphatic heterocycles. The van der Waals surface area contributed by atoms with Crippen LogP contribution in [0.3, 0.4) is 0 Å². The predicted octanol–water partition coefficient (Wildman–Crippen LogP) is 2.67. The topological polar surface area (TPSA) is 77.0 Å². The van der Waals surface area contributed by atoms with Crippen LogP contribution in [0.1, 0.15) is 23.7 Å². The molecule has 0 unspecified atom stereocenters. The number of hydrogen-bond donors (Lipinski definition) is 2. The number of pyridine rings is 1. The van der Waals surface area contributed by atoms with Gasteiger partial charge in [-0.1, -0.05) is 6.07 Å². The predicted molar refractivity (Wildman–Crippen MR) is 107 cm³/mol. The van der Waals surface area contributed by atoms with Crippen LogP contribution in [0.5, 0.6) is 17.2 Å². The summed E-state index contributed by atoms with van der Waals surface area (Å²) >= 11 is 0. The third-order valence-electron chi connectivity index (χ3n) is 4.03. The fourth-order valence-electron chi connectivity index (χ4n) is 2.61. The molecule has 0 spiro atoms. The van der Waals surface area contributed by atoms with E-state index in [0.29, 0.717) is 30.3 Å². The van der Waals surface area contributed by atoms with Gasteiger partial charge in [0, 0.05) is 12.7 Å². The summed E-state index contributed by atoms with van der Waals surface area (Å²) in [5, 5.41) is 6.56. The molecule has 0 saturated carbocycles. The maximum Gasteiger partial charge on any atom is 0.203 e. The van der Waals surface area contributed by atoms with Crippen LogP contribution < -0.4 is 24.8 Å². The Morgan fingerprint density at radius 3 is 2.33 bits per heavy atom. The first kappa shape index (κ1) is 20.4. The molecule has 1 heterocycles. The van der Waals surface area contributed by atoms with Gasteiger partial charge in [0.1, 0.15) is 0 Å². The minimum atomic E-state index is 0.466. The summed E-state index contributed by atoms with van der Waals surface area (Å²) in [6.07, 6.45) is 1.80. The maximum absolute atomic E-state index is 5.40. The molecule has 2 rings (SSSR count). The number of benzene rings is 1. The maximum atomic E-state index is 5.40. The van der Waals surface area contributed by atoms with Gasteiger partial charge in [-0.15, -0.1) is 0 Å². The van der Waals surface area contributed by atoms with Crippen LogP contribution >= 0.6 is 0 Å². The normalized spacial score (nSPS) is 11.1. The van der Waals surface area contributed by atoms with Crippen LogP contribution in [0, 0.1) is 6.92 Å². The molecule has 7 nitrogen and oxygen atoms in total. The standard InChI is InChI=1S/C20H28N4O3/c1-6-21-20(24-13-16-14(2)8-7-9-22-16)23-12-15-10-17(25-3)19(27-5)18(11-15)26-4/h7-11H,6,12-13H2,1-5H3,(H2,21,23,24). The van der Waals surface area contributed by atoms with E-state index in [1.165, 1.54) is 0 Å². The third kappa shape index (κ3) is 5.51. The molecule has 0 atom stereocenters. The number of aliphatic imine (C=N–C) groups is 1. The van der Waals surface area contributed by atoms with Crippen molar-refractivity contribution in [1.82, 2.24) is 15.6 Å². The van der Waals surface area contributed by atoms with E-state index in [1.807, 2.05) is 38.1 Å². The highest BCUT2D eigenvalue weighted by Crippen LogP contribution is 2.38. The molecule has 2 N–H and O–H groups in total. The van der Waals surface area contributed by atoms with Crippen LogP contribution in [-0.4, -0.2) is 38.8 Å². The van der Waals surface area contributed by atoms with E-state index >= 15 is 0 Å². The van der Waals surface area contributed by atoms with Crippen molar-refractivity contribution < 1.29 is 14.2 Å². The zero-order valence-electron chi connectivity index (χ0n) is 16.6. The van der Waals surface area contributed by atoms with E-state index in [2.05, 4.69) is 20.6 Å². The van der Waals surface area contributed by atoms with Crippen molar-refractivity contribution in [3.8, 4) is 17.2 Å². The molecule has 7 heteroatoms. The van der Waals surface area contributed by atoms with E-state index in [9.17, 15) is 0 Å². The van der Waals surface area contributed by atoms with Gasteiger partial charge in [0.15, 0.2) is 17.5 Å². The lowest BCUT2D eigenvalue weighted by Gasteiger charge is -2.14. The minimum absolute atomic E-state index is 0.466. The van der Waals surface area contributed by atoms with Gasteiger partial charge >= 0.3 is 0 Å². The second-order valence-electron chi connectivity index (χ2n) is 5.85. The van der Waals surface area contributed by atoms with Crippen molar-refractivity contribution >= 4 is 5.96 Å². The van der Waals surface area contributed by atoms with Gasteiger partial charge in [0.05, 0.1) is 40.1 Å². The van der Waals surface area contributed by atoms with Gasteiger partial charge in [-0.3, -0.25) is 4.98 Å². The highest BCUT2D eigenvalue weighted by atomic mass is 16.5. The molecule has 0 fully saturated rings. The Morgan fingerprint density at radius 2 is 1.78 bits per heavy atom. The van der Waals surface area contributed by atoms with Gasteiger partial charge in [-0.25, -0.2) is 4.99 Å². The average Bonchev–Trinajstić information content (AvgIpc) is 2.70. The Bertz CT molecular complexity index is 753. The number of hydrogen-bond acceptors (Lipinski definition) is 5. The van der Waals surface area contributed by atoms with Crippen molar-refractivity contribution in [3.05, 3.63) is 47.3 Å². The minimum Gasteiger partial charge on any atom is -0.493 e. The number of nitrogens with zero attached hydrogens (tertiary/aromatic N) is 2. The summed E-state index contributed by atoms with van der Waals surface area (Å²) in [7, 11) is 4.79. The van der Waals surface area contributed by atoms with Crippen LogP contribution in [-0.2, 0) is 13.1 Å². The second kappa shape index (κ2) is 10.3. The van der Waals surface area contributed by atoms with E-state index in [4.69, 9.17) is 14.2 Å². The first-order valence-corrected chi connectivity index (χ1v) is 8.84. The van der Waals surface area contributed by atoms with Gasteiger partial charge in [-0.2, -0.15) is 0 Å². The Hall–Kier alpha value is -2.96. The molecular weight excluding hydrogens is 344 g/mol. The average molecular weight is 372 g/mol. The summed E-state index contributed by atoms with van der Waals surface area (Å²) in [6, 6.07) is 7.78. The van der Waals surface area contributed by atoms with Crippen molar-refractivity contribution in [2.45, 2.75) is 26.9 Å². The summed E-state index contributed by atoms with van der Waals surface area (Å²) in [5.41, 5.74) is 3.09. The van der Waals surface area contributed by atoms with Crippen molar-refractivity contribution in [2.24, 2.45) is 4.99 Å². The van der Waals surface area contributed by atoms with Crippen LogP contribution in [0.4, 0.5) is 0 Å². The van der Waals surface area contributed by atoms with Gasteiger partial charge < -0.3 is 24.8 Å². The molecule has 2 aromatic rings. The Labute approximate surface area is 160 Å². The molecule has 0 amide bonds. The summed E-state index contributed by atoms with van der Waals surface area (Å²) in [4.78, 5) is 9.05. The van der Waals surface area contributed by atoms with E-state index in [0.717, 1.165) is 29.3 Å². The van der Waals surface area contributed by atoms with Crippen LogP contribution in [0.25, 0.3) is 0 Å². The monoisotopic (exact) mass is 372 g/mol. The summed E-state index contributed by atoms with van der Waals surface area (Å²) < 4.78 is 16.2. The second-order valence-corrected chi connectivity index (χ2v) is 5.85. The lowest BCUT2D eigenvalue weighted by Crippen LogP contribution is -2.37. The number of guanidine groups is 1. The van der Waals surface area contributed by atoms with E-state index < -0.39 is 0 Å². The fourth-order valence-corrected chi connectivity index (χ4v) is 2.61. The molecule has 0 aliphatic rings. The molecule has 146 valence electrons. The van der Waals surface area contributed by atoms with Gasteiger partial charge in [0.2, 0.25) is 5.75 Å². The van der Waals surface area contributed by atoms with Crippen LogP contribution in [0.2, 0.25) is 0 Å². The lowest BCUT2D eigenvalue weighted by molar-refractivity contribution is 0.324. The number of rotatable bonds is 8. The quantitative estimate of drug-likeness (QED) is 0.548. The molecule has 1 aromatic carbocycles. The largest absolute Gasteiger partial charge is 0.493 e. The Balaban J connectivity index is 2.15. The fraction of sp³-hybridized carbons (Fsp3) is 0.400. The number of ether oxygens (including phenoxy) is 3. The van der Waals surface area contributed by atoms with E-state index in [-0.39, 0.29) is 0 Å². The van der Waals surface area contributed by atoms with Crippen molar-refractivity contribution in [3.63, 3.8) is 0 Å². The summed E-state index contributed by atoms with van der Waals surface area (Å²) in [5.74, 6) is 2.52. The molecule has 0 saturated heterocycles. The third-order valence-corrected chi connectivity index (χ3v) is 4.03. The molecule has 0 aliphatic carbocycles. The first-order chi connectivity index (χ1) is 13.1. The highest BCUT2D eigenvalue weighted by Gasteiger charge is 2.13. The smallest absolute Gasteiger partial charge is 0.203 e. The SMILES string of the molecule is CCNC(=NCc1cc(OC)c(OC)c(OC)c1)NCc1ncccc1C. The van der Waals surface area contributed by atoms with Gasteiger partial charge in [-0.05, 0) is 43.2 Å². The zero-order valence-corrected chi connectivity index (χ0v) is 16.6. The molecule has 27 heavy (non-hydrogen) atoms. The highest BCUT2D eigenvalue weighted by molar-refractivity contribution is 5.79. The first-order valence-electron chi connectivity index (χ1n) is 8.84. The van der Waals surface area contributed by atoms with Crippen LogP contribution in [0.15, 0.2) is 35.5 Å². The summed E-state index contributed by atoms with van der Waals surface area (Å²) in [6.45, 7) is 5.91.